The van der Waals surface area contributed by atoms with Crippen molar-refractivity contribution < 1.29 is 22.7 Å². The second kappa shape index (κ2) is 7.87. The van der Waals surface area contributed by atoms with Crippen LogP contribution < -0.4 is 9.46 Å². The van der Waals surface area contributed by atoms with Gasteiger partial charge < -0.3 is 9.47 Å². The first-order chi connectivity index (χ1) is 11.3. The summed E-state index contributed by atoms with van der Waals surface area (Å²) in [5.74, 6) is -0.385. The van der Waals surface area contributed by atoms with E-state index in [9.17, 15) is 13.2 Å². The van der Waals surface area contributed by atoms with Gasteiger partial charge in [-0.2, -0.15) is 0 Å². The van der Waals surface area contributed by atoms with E-state index in [0.29, 0.717) is 5.69 Å². The molecule has 0 saturated carbocycles. The molecule has 2 aromatic carbocycles. The molecular weight excluding hydrogens is 422 g/mol. The van der Waals surface area contributed by atoms with E-state index in [2.05, 4.69) is 25.4 Å². The standard InChI is InChI=1S/C15H13BrClNO5S/c1-22-15(19)9-23-14-7-6-12(8-13(14)17)24(20,21)18-11-4-2-10(16)3-5-11/h2-8,18H,9H2,1H3. The molecule has 0 spiro atoms. The number of ether oxygens (including phenoxy) is 2. The van der Waals surface area contributed by atoms with Gasteiger partial charge in [0.05, 0.1) is 17.0 Å². The molecule has 0 unspecified atom stereocenters. The van der Waals surface area contributed by atoms with Crippen molar-refractivity contribution in [2.45, 2.75) is 4.90 Å². The first-order valence-corrected chi connectivity index (χ1v) is 9.25. The van der Waals surface area contributed by atoms with Crippen LogP contribution in [0.25, 0.3) is 0 Å². The number of methoxy groups -OCH3 is 1. The molecule has 0 saturated heterocycles. The maximum Gasteiger partial charge on any atom is 0.343 e. The number of carbonyl (C=O) groups is 1. The second-order valence-corrected chi connectivity index (χ2v) is 7.57. The molecule has 0 radical (unpaired) electrons. The van der Waals surface area contributed by atoms with Crippen LogP contribution in [0, 0.1) is 0 Å². The summed E-state index contributed by atoms with van der Waals surface area (Å²) < 4.78 is 37.6. The number of hydrogen-bond donors (Lipinski definition) is 1. The van der Waals surface area contributed by atoms with Gasteiger partial charge in [-0.15, -0.1) is 0 Å². The number of benzene rings is 2. The highest BCUT2D eigenvalue weighted by Gasteiger charge is 2.17. The van der Waals surface area contributed by atoms with Crippen molar-refractivity contribution in [2.75, 3.05) is 18.4 Å². The van der Waals surface area contributed by atoms with E-state index in [1.165, 1.54) is 25.3 Å². The number of anilines is 1. The predicted molar refractivity (Wildman–Crippen MR) is 93.9 cm³/mol. The van der Waals surface area contributed by atoms with Gasteiger partial charge in [-0.1, -0.05) is 27.5 Å². The number of halogens is 2. The number of sulfonamides is 1. The summed E-state index contributed by atoms with van der Waals surface area (Å²) in [5, 5.41) is 0.0672. The molecule has 0 aliphatic heterocycles. The van der Waals surface area contributed by atoms with Crippen LogP contribution in [-0.4, -0.2) is 28.1 Å². The van der Waals surface area contributed by atoms with Crippen molar-refractivity contribution >= 4 is 49.2 Å². The number of nitrogens with one attached hydrogen (secondary N) is 1. The van der Waals surface area contributed by atoms with Crippen molar-refractivity contribution in [1.82, 2.24) is 0 Å². The molecule has 9 heteroatoms. The molecule has 2 aromatic rings. The summed E-state index contributed by atoms with van der Waals surface area (Å²) in [4.78, 5) is 11.0. The molecule has 0 fully saturated rings. The first kappa shape index (κ1) is 18.6. The third-order valence-corrected chi connectivity index (χ3v) is 5.09. The highest BCUT2D eigenvalue weighted by molar-refractivity contribution is 9.10. The molecule has 0 atom stereocenters. The Kier molecular flexibility index (Phi) is 6.09. The molecular formula is C15H13BrClNO5S. The smallest absolute Gasteiger partial charge is 0.343 e. The third kappa shape index (κ3) is 4.86. The van der Waals surface area contributed by atoms with Gasteiger partial charge in [-0.3, -0.25) is 4.72 Å². The SMILES string of the molecule is COC(=O)COc1ccc(S(=O)(=O)Nc2ccc(Br)cc2)cc1Cl. The molecule has 0 aliphatic rings. The van der Waals surface area contributed by atoms with Crippen LogP contribution in [0.5, 0.6) is 5.75 Å². The van der Waals surface area contributed by atoms with Gasteiger partial charge in [0.15, 0.2) is 6.61 Å². The predicted octanol–water partition coefficient (Wildman–Crippen LogP) is 3.46. The normalized spacial score (nSPS) is 11.0. The Hall–Kier alpha value is -1.77. The summed E-state index contributed by atoms with van der Waals surface area (Å²) in [7, 11) is -2.57. The molecule has 0 aromatic heterocycles. The minimum atomic E-state index is -3.80. The summed E-state index contributed by atoms with van der Waals surface area (Å²) in [6, 6.07) is 10.6. The Morgan fingerprint density at radius 2 is 1.88 bits per heavy atom. The van der Waals surface area contributed by atoms with E-state index in [0.717, 1.165) is 4.47 Å². The fourth-order valence-electron chi connectivity index (χ4n) is 1.69. The molecule has 0 heterocycles. The number of rotatable bonds is 6. The van der Waals surface area contributed by atoms with Crippen LogP contribution >= 0.6 is 27.5 Å². The zero-order chi connectivity index (χ0) is 17.7. The molecule has 6 nitrogen and oxygen atoms in total. The Balaban J connectivity index is 2.17. The minimum Gasteiger partial charge on any atom is -0.480 e. The number of hydrogen-bond acceptors (Lipinski definition) is 5. The van der Waals surface area contributed by atoms with Crippen LogP contribution in [0.3, 0.4) is 0 Å². The molecule has 0 aliphatic carbocycles. The number of carbonyl (C=O) groups excluding carboxylic acids is 1. The van der Waals surface area contributed by atoms with Crippen molar-refractivity contribution in [3.05, 3.63) is 52.0 Å². The molecule has 2 rings (SSSR count). The lowest BCUT2D eigenvalue weighted by Crippen LogP contribution is -2.14. The maximum atomic E-state index is 12.4. The average Bonchev–Trinajstić information content (AvgIpc) is 2.55. The van der Waals surface area contributed by atoms with Gasteiger partial charge in [0.25, 0.3) is 10.0 Å². The highest BCUT2D eigenvalue weighted by atomic mass is 79.9. The molecule has 1 N–H and O–H groups in total. The van der Waals surface area contributed by atoms with Gasteiger partial charge in [0, 0.05) is 10.2 Å². The second-order valence-electron chi connectivity index (χ2n) is 4.57. The Morgan fingerprint density at radius 3 is 2.46 bits per heavy atom. The molecule has 128 valence electrons. The zero-order valence-corrected chi connectivity index (χ0v) is 15.6. The van der Waals surface area contributed by atoms with E-state index in [4.69, 9.17) is 16.3 Å². The lowest BCUT2D eigenvalue weighted by atomic mass is 10.3. The molecule has 24 heavy (non-hydrogen) atoms. The fourth-order valence-corrected chi connectivity index (χ4v) is 3.34. The van der Waals surface area contributed by atoms with Crippen molar-refractivity contribution in [3.63, 3.8) is 0 Å². The average molecular weight is 435 g/mol. The van der Waals surface area contributed by atoms with Crippen molar-refractivity contribution in [2.24, 2.45) is 0 Å². The van der Waals surface area contributed by atoms with Crippen LogP contribution in [-0.2, 0) is 19.6 Å². The van der Waals surface area contributed by atoms with Gasteiger partial charge in [-0.25, -0.2) is 13.2 Å². The quantitative estimate of drug-likeness (QED) is 0.704. The van der Waals surface area contributed by atoms with E-state index in [1.54, 1.807) is 24.3 Å². The lowest BCUT2D eigenvalue weighted by Gasteiger charge is -2.11. The number of esters is 1. The Labute approximate surface area is 152 Å². The van der Waals surface area contributed by atoms with E-state index in [-0.39, 0.29) is 22.3 Å². The topological polar surface area (TPSA) is 81.7 Å². The van der Waals surface area contributed by atoms with Crippen LogP contribution in [0.1, 0.15) is 0 Å². The summed E-state index contributed by atoms with van der Waals surface area (Å²) in [6.07, 6.45) is 0. The molecule has 0 bridgehead atoms. The highest BCUT2D eigenvalue weighted by Crippen LogP contribution is 2.28. The summed E-state index contributed by atoms with van der Waals surface area (Å²) in [5.41, 5.74) is 0.417. The minimum absolute atomic E-state index is 0.0270. The third-order valence-electron chi connectivity index (χ3n) is 2.88. The van der Waals surface area contributed by atoms with Crippen LogP contribution in [0.4, 0.5) is 5.69 Å². The summed E-state index contributed by atoms with van der Waals surface area (Å²) >= 11 is 9.29. The van der Waals surface area contributed by atoms with Gasteiger partial charge in [0.2, 0.25) is 0 Å². The lowest BCUT2D eigenvalue weighted by molar-refractivity contribution is -0.142. The first-order valence-electron chi connectivity index (χ1n) is 6.59. The van der Waals surface area contributed by atoms with Gasteiger partial charge in [0.1, 0.15) is 5.75 Å². The van der Waals surface area contributed by atoms with Crippen molar-refractivity contribution in [1.29, 1.82) is 0 Å². The van der Waals surface area contributed by atoms with E-state index < -0.39 is 16.0 Å². The molecule has 0 amide bonds. The van der Waals surface area contributed by atoms with E-state index >= 15 is 0 Å². The van der Waals surface area contributed by atoms with E-state index in [1.807, 2.05) is 0 Å². The van der Waals surface area contributed by atoms with Gasteiger partial charge >= 0.3 is 5.97 Å². The largest absolute Gasteiger partial charge is 0.480 e. The maximum absolute atomic E-state index is 12.4. The fraction of sp³-hybridized carbons (Fsp3) is 0.133. The Bertz CT molecular complexity index is 839. The van der Waals surface area contributed by atoms with Gasteiger partial charge in [-0.05, 0) is 42.5 Å². The zero-order valence-electron chi connectivity index (χ0n) is 12.5. The van der Waals surface area contributed by atoms with Crippen molar-refractivity contribution in [3.8, 4) is 5.75 Å². The van der Waals surface area contributed by atoms with Crippen LogP contribution in [0.2, 0.25) is 5.02 Å². The Morgan fingerprint density at radius 1 is 1.21 bits per heavy atom. The monoisotopic (exact) mass is 433 g/mol. The van der Waals surface area contributed by atoms with Crippen LogP contribution in [0.15, 0.2) is 51.8 Å². The summed E-state index contributed by atoms with van der Waals surface area (Å²) in [6.45, 7) is -0.320.